The summed E-state index contributed by atoms with van der Waals surface area (Å²) < 4.78 is 4.76. The van der Waals surface area contributed by atoms with E-state index < -0.39 is 18.1 Å². The summed E-state index contributed by atoms with van der Waals surface area (Å²) in [5.41, 5.74) is 6.48. The molecule has 0 aromatic heterocycles. The zero-order valence-corrected chi connectivity index (χ0v) is 13.1. The second-order valence-corrected chi connectivity index (χ2v) is 6.12. The van der Waals surface area contributed by atoms with Gasteiger partial charge in [-0.2, -0.15) is 0 Å². The van der Waals surface area contributed by atoms with Crippen molar-refractivity contribution in [3.63, 3.8) is 0 Å². The van der Waals surface area contributed by atoms with Crippen molar-refractivity contribution in [2.24, 2.45) is 11.1 Å². The highest BCUT2D eigenvalue weighted by molar-refractivity contribution is 5.88. The molecule has 0 fully saturated rings. The fraction of sp³-hybridized carbons (Fsp3) is 0.500. The molecular weight excluding hydrogens is 268 g/mol. The first-order valence-electron chi connectivity index (χ1n) is 6.93. The van der Waals surface area contributed by atoms with E-state index >= 15 is 0 Å². The van der Waals surface area contributed by atoms with E-state index in [9.17, 15) is 9.59 Å². The lowest BCUT2D eigenvalue weighted by atomic mass is 9.86. The summed E-state index contributed by atoms with van der Waals surface area (Å²) in [6.45, 7) is 5.63. The smallest absolute Gasteiger partial charge is 0.328 e. The molecule has 0 aliphatic rings. The maximum Gasteiger partial charge on any atom is 0.328 e. The molecule has 2 atom stereocenters. The predicted molar refractivity (Wildman–Crippen MR) is 81.5 cm³/mol. The van der Waals surface area contributed by atoms with E-state index in [2.05, 4.69) is 5.32 Å². The van der Waals surface area contributed by atoms with Crippen molar-refractivity contribution < 1.29 is 14.3 Å². The molecule has 2 unspecified atom stereocenters. The number of benzene rings is 1. The van der Waals surface area contributed by atoms with Crippen LogP contribution in [0.15, 0.2) is 30.3 Å². The standard InChI is InChI=1S/C16H24N2O3/c1-16(2,3)13(17)14(19)18-12(15(20)21-4)10-11-8-6-5-7-9-11/h5-9,12-13H,10,17H2,1-4H3,(H,18,19). The van der Waals surface area contributed by atoms with Crippen LogP contribution in [0.4, 0.5) is 0 Å². The molecule has 1 aromatic carbocycles. The van der Waals surface area contributed by atoms with Crippen LogP contribution in [0.1, 0.15) is 26.3 Å². The molecule has 21 heavy (non-hydrogen) atoms. The molecule has 1 aromatic rings. The molecule has 0 saturated carbocycles. The second-order valence-electron chi connectivity index (χ2n) is 6.12. The number of hydrogen-bond donors (Lipinski definition) is 2. The molecular formula is C16H24N2O3. The molecule has 3 N–H and O–H groups in total. The Morgan fingerprint density at radius 3 is 2.29 bits per heavy atom. The van der Waals surface area contributed by atoms with Crippen molar-refractivity contribution in [3.05, 3.63) is 35.9 Å². The lowest BCUT2D eigenvalue weighted by molar-refractivity contribution is -0.145. The minimum absolute atomic E-state index is 0.353. The van der Waals surface area contributed by atoms with E-state index in [-0.39, 0.29) is 11.3 Å². The highest BCUT2D eigenvalue weighted by atomic mass is 16.5. The van der Waals surface area contributed by atoms with Crippen molar-refractivity contribution in [2.45, 2.75) is 39.3 Å². The van der Waals surface area contributed by atoms with Crippen LogP contribution in [-0.4, -0.2) is 31.1 Å². The van der Waals surface area contributed by atoms with E-state index in [1.54, 1.807) is 0 Å². The Morgan fingerprint density at radius 2 is 1.81 bits per heavy atom. The lowest BCUT2D eigenvalue weighted by Gasteiger charge is -2.27. The molecule has 116 valence electrons. The summed E-state index contributed by atoms with van der Waals surface area (Å²) in [5.74, 6) is -0.831. The quantitative estimate of drug-likeness (QED) is 0.801. The summed E-state index contributed by atoms with van der Waals surface area (Å²) >= 11 is 0. The molecule has 5 nitrogen and oxygen atoms in total. The number of methoxy groups -OCH3 is 1. The number of esters is 1. The van der Waals surface area contributed by atoms with Gasteiger partial charge in [0.1, 0.15) is 6.04 Å². The molecule has 0 saturated heterocycles. The van der Waals surface area contributed by atoms with E-state index in [0.717, 1.165) is 5.56 Å². The zero-order chi connectivity index (χ0) is 16.0. The third kappa shape index (κ3) is 5.19. The minimum atomic E-state index is -0.738. The minimum Gasteiger partial charge on any atom is -0.467 e. The van der Waals surface area contributed by atoms with Gasteiger partial charge in [0, 0.05) is 6.42 Å². The Morgan fingerprint density at radius 1 is 1.24 bits per heavy atom. The van der Waals surface area contributed by atoms with Crippen LogP contribution in [0.5, 0.6) is 0 Å². The van der Waals surface area contributed by atoms with Gasteiger partial charge in [0.2, 0.25) is 5.91 Å². The molecule has 0 heterocycles. The van der Waals surface area contributed by atoms with Crippen molar-refractivity contribution >= 4 is 11.9 Å². The van der Waals surface area contributed by atoms with Gasteiger partial charge in [-0.3, -0.25) is 4.79 Å². The van der Waals surface area contributed by atoms with Crippen LogP contribution >= 0.6 is 0 Å². The van der Waals surface area contributed by atoms with Gasteiger partial charge >= 0.3 is 5.97 Å². The summed E-state index contributed by atoms with van der Waals surface area (Å²) in [6, 6.07) is 8.01. The van der Waals surface area contributed by atoms with Crippen LogP contribution in [0.25, 0.3) is 0 Å². The van der Waals surface area contributed by atoms with Gasteiger partial charge in [-0.15, -0.1) is 0 Å². The highest BCUT2D eigenvalue weighted by Crippen LogP contribution is 2.17. The monoisotopic (exact) mass is 292 g/mol. The molecule has 0 aliphatic heterocycles. The summed E-state index contributed by atoms with van der Waals surface area (Å²) in [4.78, 5) is 24.0. The first kappa shape index (κ1) is 17.2. The van der Waals surface area contributed by atoms with Gasteiger partial charge in [-0.1, -0.05) is 51.1 Å². The van der Waals surface area contributed by atoms with Crippen molar-refractivity contribution in [1.29, 1.82) is 0 Å². The Kier molecular flexibility index (Phi) is 5.90. The van der Waals surface area contributed by atoms with E-state index in [1.807, 2.05) is 51.1 Å². The van der Waals surface area contributed by atoms with Crippen LogP contribution in [0.3, 0.4) is 0 Å². The van der Waals surface area contributed by atoms with Gasteiger partial charge in [0.15, 0.2) is 0 Å². The maximum absolute atomic E-state index is 12.2. The first-order chi connectivity index (χ1) is 9.75. The van der Waals surface area contributed by atoms with Crippen molar-refractivity contribution in [3.8, 4) is 0 Å². The third-order valence-electron chi connectivity index (χ3n) is 3.30. The SMILES string of the molecule is COC(=O)C(Cc1ccccc1)NC(=O)C(N)C(C)(C)C. The molecule has 0 radical (unpaired) electrons. The Bertz CT molecular complexity index is 480. The molecule has 1 amide bonds. The summed E-state index contributed by atoms with van der Waals surface area (Å²) in [7, 11) is 1.30. The van der Waals surface area contributed by atoms with Crippen molar-refractivity contribution in [2.75, 3.05) is 7.11 Å². The fourth-order valence-corrected chi connectivity index (χ4v) is 1.84. The van der Waals surface area contributed by atoms with Crippen LogP contribution in [-0.2, 0) is 20.7 Å². The van der Waals surface area contributed by atoms with Gasteiger partial charge < -0.3 is 15.8 Å². The Balaban J connectivity index is 2.80. The number of hydrogen-bond acceptors (Lipinski definition) is 4. The predicted octanol–water partition coefficient (Wildman–Crippen LogP) is 1.26. The number of nitrogens with one attached hydrogen (secondary N) is 1. The van der Waals surface area contributed by atoms with Crippen LogP contribution in [0.2, 0.25) is 0 Å². The van der Waals surface area contributed by atoms with Gasteiger partial charge in [0.05, 0.1) is 13.2 Å². The molecule has 0 spiro atoms. The molecule has 1 rings (SSSR count). The number of ether oxygens (including phenoxy) is 1. The van der Waals surface area contributed by atoms with Gasteiger partial charge in [0.25, 0.3) is 0 Å². The third-order valence-corrected chi connectivity index (χ3v) is 3.30. The maximum atomic E-state index is 12.2. The largest absolute Gasteiger partial charge is 0.467 e. The van der Waals surface area contributed by atoms with E-state index in [4.69, 9.17) is 10.5 Å². The molecule has 5 heteroatoms. The Hall–Kier alpha value is -1.88. The van der Waals surface area contributed by atoms with E-state index in [0.29, 0.717) is 6.42 Å². The normalized spacial score (nSPS) is 14.1. The average molecular weight is 292 g/mol. The van der Waals surface area contributed by atoms with Crippen LogP contribution in [0, 0.1) is 5.41 Å². The number of nitrogens with two attached hydrogens (primary N) is 1. The van der Waals surface area contributed by atoms with Gasteiger partial charge in [-0.25, -0.2) is 4.79 Å². The Labute approximate surface area is 125 Å². The van der Waals surface area contributed by atoms with Gasteiger partial charge in [-0.05, 0) is 11.0 Å². The molecule has 0 aliphatic carbocycles. The van der Waals surface area contributed by atoms with Crippen LogP contribution < -0.4 is 11.1 Å². The second kappa shape index (κ2) is 7.22. The highest BCUT2D eigenvalue weighted by Gasteiger charge is 2.31. The van der Waals surface area contributed by atoms with Crippen molar-refractivity contribution in [1.82, 2.24) is 5.32 Å². The first-order valence-corrected chi connectivity index (χ1v) is 6.93. The number of carbonyl (C=O) groups excluding carboxylic acids is 2. The summed E-state index contributed by atoms with van der Waals surface area (Å²) in [5, 5.41) is 2.68. The summed E-state index contributed by atoms with van der Waals surface area (Å²) in [6.07, 6.45) is 0.371. The number of amides is 1. The zero-order valence-electron chi connectivity index (χ0n) is 13.1. The lowest BCUT2D eigenvalue weighted by Crippen LogP contribution is -2.53. The average Bonchev–Trinajstić information content (AvgIpc) is 2.44. The van der Waals surface area contributed by atoms with E-state index in [1.165, 1.54) is 7.11 Å². The number of carbonyl (C=O) groups is 2. The number of rotatable bonds is 5. The molecule has 0 bridgehead atoms. The topological polar surface area (TPSA) is 81.4 Å². The fourth-order valence-electron chi connectivity index (χ4n) is 1.84.